The molecule has 0 aliphatic rings. The molecule has 6 heteroatoms. The Bertz CT molecular complexity index is 783. The summed E-state index contributed by atoms with van der Waals surface area (Å²) >= 11 is 0. The molecule has 0 unspecified atom stereocenters. The van der Waals surface area contributed by atoms with Crippen LogP contribution in [0.25, 0.3) is 22.8 Å². The van der Waals surface area contributed by atoms with E-state index >= 15 is 0 Å². The van der Waals surface area contributed by atoms with Crippen LogP contribution in [0.2, 0.25) is 0 Å². The fourth-order valence-electron chi connectivity index (χ4n) is 1.98. The van der Waals surface area contributed by atoms with Crippen LogP contribution in [0.15, 0.2) is 47.0 Å². The molecule has 106 valence electrons. The van der Waals surface area contributed by atoms with Gasteiger partial charge in [0.15, 0.2) is 0 Å². The molecule has 0 aliphatic heterocycles. The van der Waals surface area contributed by atoms with E-state index in [-0.39, 0.29) is 5.75 Å². The standard InChI is InChI=1S/C15H13N3O3/c1-20-13-8-10(16)5-6-12(13)15-17-14(18-21-15)9-3-2-4-11(19)7-9/h2-8,19H,16H2,1H3. The number of aromatic nitrogens is 2. The van der Waals surface area contributed by atoms with Crippen LogP contribution in [-0.2, 0) is 0 Å². The zero-order chi connectivity index (χ0) is 14.8. The van der Waals surface area contributed by atoms with E-state index < -0.39 is 0 Å². The first-order valence-electron chi connectivity index (χ1n) is 6.24. The summed E-state index contributed by atoms with van der Waals surface area (Å²) < 4.78 is 10.5. The average molecular weight is 283 g/mol. The Morgan fingerprint density at radius 2 is 2.05 bits per heavy atom. The normalized spacial score (nSPS) is 10.5. The second-order valence-electron chi connectivity index (χ2n) is 4.43. The predicted molar refractivity (Wildman–Crippen MR) is 77.8 cm³/mol. The zero-order valence-electron chi connectivity index (χ0n) is 11.3. The Morgan fingerprint density at radius 3 is 2.81 bits per heavy atom. The van der Waals surface area contributed by atoms with Crippen LogP contribution in [0.5, 0.6) is 11.5 Å². The lowest BCUT2D eigenvalue weighted by molar-refractivity contribution is 0.405. The van der Waals surface area contributed by atoms with Crippen molar-refractivity contribution in [3.63, 3.8) is 0 Å². The highest BCUT2D eigenvalue weighted by molar-refractivity contribution is 5.68. The number of hydrogen-bond acceptors (Lipinski definition) is 6. The van der Waals surface area contributed by atoms with Gasteiger partial charge >= 0.3 is 0 Å². The maximum atomic E-state index is 9.49. The van der Waals surface area contributed by atoms with Crippen molar-refractivity contribution in [2.45, 2.75) is 0 Å². The number of methoxy groups -OCH3 is 1. The van der Waals surface area contributed by atoms with E-state index in [9.17, 15) is 5.11 Å². The molecule has 0 spiro atoms. The van der Waals surface area contributed by atoms with Crippen molar-refractivity contribution in [2.24, 2.45) is 0 Å². The molecule has 0 bridgehead atoms. The van der Waals surface area contributed by atoms with E-state index in [2.05, 4.69) is 10.1 Å². The number of ether oxygens (including phenoxy) is 1. The van der Waals surface area contributed by atoms with Gasteiger partial charge in [0, 0.05) is 17.3 Å². The number of nitrogens with two attached hydrogens (primary N) is 1. The fraction of sp³-hybridized carbons (Fsp3) is 0.0667. The van der Waals surface area contributed by atoms with Gasteiger partial charge in [-0.3, -0.25) is 0 Å². The lowest BCUT2D eigenvalue weighted by atomic mass is 10.1. The molecule has 6 nitrogen and oxygen atoms in total. The van der Waals surface area contributed by atoms with E-state index in [4.69, 9.17) is 15.0 Å². The van der Waals surface area contributed by atoms with Gasteiger partial charge in [-0.05, 0) is 24.3 Å². The topological polar surface area (TPSA) is 94.4 Å². The molecule has 0 saturated carbocycles. The molecule has 3 N–H and O–H groups in total. The third kappa shape index (κ3) is 2.51. The van der Waals surface area contributed by atoms with Crippen LogP contribution < -0.4 is 10.5 Å². The van der Waals surface area contributed by atoms with Crippen molar-refractivity contribution in [3.05, 3.63) is 42.5 Å². The quantitative estimate of drug-likeness (QED) is 0.718. The molecule has 0 saturated heterocycles. The number of phenolic OH excluding ortho intramolecular Hbond substituents is 1. The van der Waals surface area contributed by atoms with E-state index in [0.717, 1.165) is 0 Å². The second kappa shape index (κ2) is 5.16. The number of nitrogen functional groups attached to an aromatic ring is 1. The molecule has 2 aromatic carbocycles. The van der Waals surface area contributed by atoms with Crippen molar-refractivity contribution in [2.75, 3.05) is 12.8 Å². The highest BCUT2D eigenvalue weighted by Gasteiger charge is 2.15. The Morgan fingerprint density at radius 1 is 1.19 bits per heavy atom. The smallest absolute Gasteiger partial charge is 0.262 e. The molecule has 21 heavy (non-hydrogen) atoms. The maximum absolute atomic E-state index is 9.49. The van der Waals surface area contributed by atoms with Crippen molar-refractivity contribution in [3.8, 4) is 34.3 Å². The summed E-state index contributed by atoms with van der Waals surface area (Å²) in [6.07, 6.45) is 0. The molecule has 0 amide bonds. The molecule has 3 rings (SSSR count). The summed E-state index contributed by atoms with van der Waals surface area (Å²) in [7, 11) is 1.55. The highest BCUT2D eigenvalue weighted by atomic mass is 16.5. The highest BCUT2D eigenvalue weighted by Crippen LogP contribution is 2.32. The summed E-state index contributed by atoms with van der Waals surface area (Å²) in [6.45, 7) is 0. The van der Waals surface area contributed by atoms with Crippen molar-refractivity contribution >= 4 is 5.69 Å². The summed E-state index contributed by atoms with van der Waals surface area (Å²) in [6, 6.07) is 11.8. The van der Waals surface area contributed by atoms with Gasteiger partial charge in [0.2, 0.25) is 5.82 Å². The van der Waals surface area contributed by atoms with E-state index in [1.807, 2.05) is 0 Å². The first-order chi connectivity index (χ1) is 10.2. The molecule has 0 fully saturated rings. The van der Waals surface area contributed by atoms with E-state index in [1.54, 1.807) is 49.6 Å². The van der Waals surface area contributed by atoms with Gasteiger partial charge in [0.1, 0.15) is 11.5 Å². The van der Waals surface area contributed by atoms with E-state index in [1.165, 1.54) is 0 Å². The van der Waals surface area contributed by atoms with Gasteiger partial charge in [-0.15, -0.1) is 0 Å². The minimum atomic E-state index is 0.143. The van der Waals surface area contributed by atoms with Crippen LogP contribution in [0.1, 0.15) is 0 Å². The van der Waals surface area contributed by atoms with Crippen LogP contribution >= 0.6 is 0 Å². The van der Waals surface area contributed by atoms with Crippen molar-refractivity contribution in [1.82, 2.24) is 10.1 Å². The second-order valence-corrected chi connectivity index (χ2v) is 4.43. The Hall–Kier alpha value is -3.02. The summed E-state index contributed by atoms with van der Waals surface area (Å²) in [5.74, 6) is 1.41. The Labute approximate surface area is 120 Å². The van der Waals surface area contributed by atoms with Gasteiger partial charge in [-0.2, -0.15) is 4.98 Å². The fourth-order valence-corrected chi connectivity index (χ4v) is 1.98. The zero-order valence-corrected chi connectivity index (χ0v) is 11.3. The molecule has 0 atom stereocenters. The minimum Gasteiger partial charge on any atom is -0.508 e. The van der Waals surface area contributed by atoms with E-state index in [0.29, 0.717) is 34.3 Å². The Balaban J connectivity index is 2.02. The van der Waals surface area contributed by atoms with Crippen LogP contribution in [0.3, 0.4) is 0 Å². The van der Waals surface area contributed by atoms with Crippen LogP contribution in [-0.4, -0.2) is 22.4 Å². The monoisotopic (exact) mass is 283 g/mol. The number of aromatic hydroxyl groups is 1. The largest absolute Gasteiger partial charge is 0.508 e. The first-order valence-corrected chi connectivity index (χ1v) is 6.24. The number of nitrogens with zero attached hydrogens (tertiary/aromatic N) is 2. The van der Waals surface area contributed by atoms with Crippen molar-refractivity contribution < 1.29 is 14.4 Å². The molecule has 1 aromatic heterocycles. The van der Waals surface area contributed by atoms with Crippen LogP contribution in [0, 0.1) is 0 Å². The maximum Gasteiger partial charge on any atom is 0.262 e. The molecular formula is C15H13N3O3. The number of anilines is 1. The third-order valence-electron chi connectivity index (χ3n) is 2.99. The molecule has 1 heterocycles. The summed E-state index contributed by atoms with van der Waals surface area (Å²) in [4.78, 5) is 4.32. The average Bonchev–Trinajstić information content (AvgIpc) is 2.96. The number of benzene rings is 2. The van der Waals surface area contributed by atoms with Crippen LogP contribution in [0.4, 0.5) is 5.69 Å². The molecule has 0 aliphatic carbocycles. The number of phenols is 1. The van der Waals surface area contributed by atoms with Gasteiger partial charge in [-0.1, -0.05) is 17.3 Å². The van der Waals surface area contributed by atoms with Gasteiger partial charge in [0.25, 0.3) is 5.89 Å². The Kier molecular flexibility index (Phi) is 3.19. The number of rotatable bonds is 3. The summed E-state index contributed by atoms with van der Waals surface area (Å²) in [5.41, 5.74) is 7.63. The molecule has 3 aromatic rings. The molecular weight excluding hydrogens is 270 g/mol. The summed E-state index contributed by atoms with van der Waals surface area (Å²) in [5, 5.41) is 13.4. The lowest BCUT2D eigenvalue weighted by Gasteiger charge is -2.05. The minimum absolute atomic E-state index is 0.143. The van der Waals surface area contributed by atoms with Gasteiger partial charge < -0.3 is 20.1 Å². The predicted octanol–water partition coefficient (Wildman–Crippen LogP) is 2.70. The van der Waals surface area contributed by atoms with Gasteiger partial charge in [0.05, 0.1) is 12.7 Å². The molecule has 0 radical (unpaired) electrons. The third-order valence-corrected chi connectivity index (χ3v) is 2.99. The first kappa shape index (κ1) is 13.0. The van der Waals surface area contributed by atoms with Crippen molar-refractivity contribution in [1.29, 1.82) is 0 Å². The lowest BCUT2D eigenvalue weighted by Crippen LogP contribution is -1.91. The SMILES string of the molecule is COc1cc(N)ccc1-c1nc(-c2cccc(O)c2)no1. The number of hydrogen-bond donors (Lipinski definition) is 2. The van der Waals surface area contributed by atoms with Gasteiger partial charge in [-0.25, -0.2) is 0 Å².